The van der Waals surface area contributed by atoms with Crippen LogP contribution in [0.25, 0.3) is 11.4 Å². The first-order valence-corrected chi connectivity index (χ1v) is 10.5. The van der Waals surface area contributed by atoms with E-state index in [-0.39, 0.29) is 30.1 Å². The zero-order valence-electron chi connectivity index (χ0n) is 15.5. The minimum Gasteiger partial charge on any atom is -0.335 e. The quantitative estimate of drug-likeness (QED) is 0.455. The molecule has 3 aromatic rings. The molecule has 150 valence electrons. The molecular formula is C20H19ClFN5OS. The highest BCUT2D eigenvalue weighted by Gasteiger charge is 2.33. The van der Waals surface area contributed by atoms with Gasteiger partial charge in [0.15, 0.2) is 5.82 Å². The van der Waals surface area contributed by atoms with E-state index in [9.17, 15) is 9.18 Å². The molecule has 1 fully saturated rings. The number of benzene rings is 2. The third kappa shape index (κ3) is 4.38. The molecule has 0 aliphatic heterocycles. The van der Waals surface area contributed by atoms with Crippen molar-refractivity contribution in [2.75, 3.05) is 11.6 Å². The Bertz CT molecular complexity index is 1040. The van der Waals surface area contributed by atoms with Crippen LogP contribution >= 0.6 is 23.4 Å². The predicted octanol–water partition coefficient (Wildman–Crippen LogP) is 3.73. The topological polar surface area (TPSA) is 77.0 Å². The standard InChI is InChI=1S/C20H19ClFN5OS/c21-16-7-3-2-6-15(16)19-24-25-20(27(19)23)29-12-18(28)26(14-9-10-14)11-13-5-1-4-8-17(13)22/h1-8,14H,9-12,23H2. The van der Waals surface area contributed by atoms with Crippen LogP contribution in [0.5, 0.6) is 0 Å². The number of nitrogens with two attached hydrogens (primary N) is 1. The minimum absolute atomic E-state index is 0.0805. The number of nitrogens with zero attached hydrogens (tertiary/aromatic N) is 4. The molecule has 9 heteroatoms. The van der Waals surface area contributed by atoms with Crippen molar-refractivity contribution in [1.29, 1.82) is 0 Å². The third-order valence-electron chi connectivity index (χ3n) is 4.71. The van der Waals surface area contributed by atoms with Crippen LogP contribution in [-0.2, 0) is 11.3 Å². The van der Waals surface area contributed by atoms with Crippen molar-refractivity contribution in [3.05, 3.63) is 64.9 Å². The van der Waals surface area contributed by atoms with Gasteiger partial charge in [0.1, 0.15) is 5.82 Å². The van der Waals surface area contributed by atoms with E-state index in [1.165, 1.54) is 22.5 Å². The molecule has 1 heterocycles. The van der Waals surface area contributed by atoms with E-state index in [0.717, 1.165) is 12.8 Å². The summed E-state index contributed by atoms with van der Waals surface area (Å²) in [5.74, 6) is 6.31. The van der Waals surface area contributed by atoms with E-state index in [1.54, 1.807) is 35.2 Å². The monoisotopic (exact) mass is 431 g/mol. The zero-order chi connectivity index (χ0) is 20.4. The lowest BCUT2D eigenvalue weighted by Gasteiger charge is -2.22. The van der Waals surface area contributed by atoms with Crippen LogP contribution in [0.15, 0.2) is 53.7 Å². The van der Waals surface area contributed by atoms with Crippen molar-refractivity contribution >= 4 is 29.3 Å². The molecule has 2 aromatic carbocycles. The lowest BCUT2D eigenvalue weighted by Crippen LogP contribution is -2.34. The van der Waals surface area contributed by atoms with E-state index >= 15 is 0 Å². The Hall–Kier alpha value is -2.58. The highest BCUT2D eigenvalue weighted by molar-refractivity contribution is 7.99. The Morgan fingerprint density at radius 1 is 1.21 bits per heavy atom. The van der Waals surface area contributed by atoms with E-state index in [4.69, 9.17) is 17.4 Å². The molecule has 1 saturated carbocycles. The number of nitrogen functional groups attached to an aromatic ring is 1. The maximum Gasteiger partial charge on any atom is 0.233 e. The number of carbonyl (C=O) groups is 1. The fourth-order valence-electron chi connectivity index (χ4n) is 3.03. The van der Waals surface area contributed by atoms with Gasteiger partial charge < -0.3 is 10.7 Å². The van der Waals surface area contributed by atoms with Gasteiger partial charge in [-0.15, -0.1) is 10.2 Å². The lowest BCUT2D eigenvalue weighted by molar-refractivity contribution is -0.129. The van der Waals surface area contributed by atoms with E-state index < -0.39 is 0 Å². The summed E-state index contributed by atoms with van der Waals surface area (Å²) in [6.07, 6.45) is 1.88. The largest absolute Gasteiger partial charge is 0.335 e. The minimum atomic E-state index is -0.301. The summed E-state index contributed by atoms with van der Waals surface area (Å²) < 4.78 is 15.3. The van der Waals surface area contributed by atoms with Gasteiger partial charge in [-0.1, -0.05) is 53.7 Å². The number of thioether (sulfide) groups is 1. The molecule has 1 aliphatic rings. The fourth-order valence-corrected chi connectivity index (χ4v) is 3.99. The second-order valence-electron chi connectivity index (χ2n) is 6.79. The number of halogens is 2. The summed E-state index contributed by atoms with van der Waals surface area (Å²) in [5.41, 5.74) is 1.18. The molecule has 0 saturated heterocycles. The number of hydrogen-bond acceptors (Lipinski definition) is 5. The highest BCUT2D eigenvalue weighted by Crippen LogP contribution is 2.31. The van der Waals surface area contributed by atoms with Crippen LogP contribution in [0.1, 0.15) is 18.4 Å². The van der Waals surface area contributed by atoms with Gasteiger partial charge in [0, 0.05) is 23.7 Å². The van der Waals surface area contributed by atoms with E-state index in [0.29, 0.717) is 27.1 Å². The Balaban J connectivity index is 1.45. The summed E-state index contributed by atoms with van der Waals surface area (Å²) in [5, 5.41) is 9.12. The summed E-state index contributed by atoms with van der Waals surface area (Å²) in [6.45, 7) is 0.261. The molecule has 4 rings (SSSR count). The molecule has 2 N–H and O–H groups in total. The lowest BCUT2D eigenvalue weighted by atomic mass is 10.2. The normalized spacial score (nSPS) is 13.4. The van der Waals surface area contributed by atoms with Crippen LogP contribution in [0.3, 0.4) is 0 Å². The maximum absolute atomic E-state index is 14.0. The van der Waals surface area contributed by atoms with Crippen LogP contribution < -0.4 is 5.84 Å². The first-order chi connectivity index (χ1) is 14.0. The van der Waals surface area contributed by atoms with Crippen LogP contribution in [0.2, 0.25) is 5.02 Å². The van der Waals surface area contributed by atoms with Crippen molar-refractivity contribution < 1.29 is 9.18 Å². The molecule has 0 unspecified atom stereocenters. The Labute approximate surface area is 176 Å². The van der Waals surface area contributed by atoms with Gasteiger partial charge in [-0.2, -0.15) is 0 Å². The van der Waals surface area contributed by atoms with Gasteiger partial charge in [0.25, 0.3) is 0 Å². The Morgan fingerprint density at radius 3 is 2.66 bits per heavy atom. The maximum atomic E-state index is 14.0. The van der Waals surface area contributed by atoms with Crippen molar-refractivity contribution in [2.24, 2.45) is 0 Å². The summed E-state index contributed by atoms with van der Waals surface area (Å²) >= 11 is 7.41. The van der Waals surface area contributed by atoms with Crippen molar-refractivity contribution in [3.8, 4) is 11.4 Å². The molecule has 0 bridgehead atoms. The molecule has 1 aromatic heterocycles. The van der Waals surface area contributed by atoms with Gasteiger partial charge in [0.05, 0.1) is 10.8 Å². The first kappa shape index (κ1) is 19.7. The Kier molecular flexibility index (Phi) is 5.73. The first-order valence-electron chi connectivity index (χ1n) is 9.15. The molecule has 0 radical (unpaired) electrons. The second kappa shape index (κ2) is 8.42. The second-order valence-corrected chi connectivity index (χ2v) is 8.14. The SMILES string of the molecule is Nn1c(SCC(=O)N(Cc2ccccc2F)C2CC2)nnc1-c1ccccc1Cl. The summed E-state index contributed by atoms with van der Waals surface area (Å²) in [7, 11) is 0. The van der Waals surface area contributed by atoms with Gasteiger partial charge in [0.2, 0.25) is 11.1 Å². The van der Waals surface area contributed by atoms with Gasteiger partial charge in [-0.05, 0) is 31.0 Å². The van der Waals surface area contributed by atoms with E-state index in [2.05, 4.69) is 10.2 Å². The molecule has 1 amide bonds. The fraction of sp³-hybridized carbons (Fsp3) is 0.250. The molecule has 0 atom stereocenters. The van der Waals surface area contributed by atoms with Gasteiger partial charge >= 0.3 is 0 Å². The zero-order valence-corrected chi connectivity index (χ0v) is 17.0. The molecule has 29 heavy (non-hydrogen) atoms. The molecule has 1 aliphatic carbocycles. The average Bonchev–Trinajstić information content (AvgIpc) is 3.49. The molecular weight excluding hydrogens is 413 g/mol. The summed E-state index contributed by atoms with van der Waals surface area (Å²) in [6, 6.07) is 13.9. The Morgan fingerprint density at radius 2 is 1.93 bits per heavy atom. The third-order valence-corrected chi connectivity index (χ3v) is 5.97. The predicted molar refractivity (Wildman–Crippen MR) is 111 cm³/mol. The van der Waals surface area contributed by atoms with Gasteiger partial charge in [-0.3, -0.25) is 4.79 Å². The molecule has 0 spiro atoms. The van der Waals surface area contributed by atoms with Crippen LogP contribution in [0.4, 0.5) is 4.39 Å². The highest BCUT2D eigenvalue weighted by atomic mass is 35.5. The average molecular weight is 432 g/mol. The van der Waals surface area contributed by atoms with E-state index in [1.807, 2.05) is 12.1 Å². The van der Waals surface area contributed by atoms with Crippen molar-refractivity contribution in [2.45, 2.75) is 30.6 Å². The summed E-state index contributed by atoms with van der Waals surface area (Å²) in [4.78, 5) is 14.6. The van der Waals surface area contributed by atoms with Crippen LogP contribution in [-0.4, -0.2) is 37.5 Å². The van der Waals surface area contributed by atoms with Crippen molar-refractivity contribution in [1.82, 2.24) is 19.8 Å². The van der Waals surface area contributed by atoms with Crippen LogP contribution in [0, 0.1) is 5.82 Å². The number of rotatable bonds is 7. The van der Waals surface area contributed by atoms with Crippen molar-refractivity contribution in [3.63, 3.8) is 0 Å². The number of carbonyl (C=O) groups excluding carboxylic acids is 1. The number of hydrogen-bond donors (Lipinski definition) is 1. The van der Waals surface area contributed by atoms with Gasteiger partial charge in [-0.25, -0.2) is 9.07 Å². The number of aromatic nitrogens is 3. The molecule has 6 nitrogen and oxygen atoms in total. The smallest absolute Gasteiger partial charge is 0.233 e. The number of amides is 1.